The molecule has 0 fully saturated rings. The number of hydrogen-bond acceptors (Lipinski definition) is 1. The van der Waals surface area contributed by atoms with Crippen LogP contribution in [0.1, 0.15) is 29.0 Å². The van der Waals surface area contributed by atoms with Crippen molar-refractivity contribution in [1.29, 1.82) is 0 Å². The molecule has 0 aliphatic heterocycles. The molecule has 1 nitrogen and oxygen atoms in total. The minimum absolute atomic E-state index is 0.343. The average Bonchev–Trinajstić information content (AvgIpc) is 2.74. The first-order chi connectivity index (χ1) is 7.84. The lowest BCUT2D eigenvalue weighted by Gasteiger charge is -2.11. The molecule has 0 spiro atoms. The number of rotatable bonds is 1. The van der Waals surface area contributed by atoms with Crippen LogP contribution in [0.2, 0.25) is 0 Å². The van der Waals surface area contributed by atoms with Crippen molar-refractivity contribution in [2.75, 3.05) is 0 Å². The molecule has 1 heteroatoms. The zero-order chi connectivity index (χ0) is 11.0. The van der Waals surface area contributed by atoms with Gasteiger partial charge >= 0.3 is 0 Å². The quantitative estimate of drug-likeness (QED) is 0.764. The first-order valence-electron chi connectivity index (χ1n) is 5.71. The number of phenolic OH excluding ortho intramolecular Hbond substituents is 1. The van der Waals surface area contributed by atoms with Gasteiger partial charge in [0.1, 0.15) is 5.75 Å². The third-order valence-electron chi connectivity index (χ3n) is 3.43. The van der Waals surface area contributed by atoms with Crippen LogP contribution in [-0.2, 0) is 6.42 Å². The van der Waals surface area contributed by atoms with Crippen molar-refractivity contribution in [1.82, 2.24) is 0 Å². The van der Waals surface area contributed by atoms with Gasteiger partial charge in [0.2, 0.25) is 0 Å². The summed E-state index contributed by atoms with van der Waals surface area (Å²) in [5.41, 5.74) is 4.23. The number of hydrogen-bond donors (Lipinski definition) is 1. The van der Waals surface area contributed by atoms with E-state index in [4.69, 9.17) is 0 Å². The highest BCUT2D eigenvalue weighted by atomic mass is 16.3. The summed E-state index contributed by atoms with van der Waals surface area (Å²) in [6.45, 7) is 0. The molecule has 0 amide bonds. The molecule has 2 aromatic rings. The first kappa shape index (κ1) is 9.46. The van der Waals surface area contributed by atoms with Gasteiger partial charge in [0.25, 0.3) is 0 Å². The summed E-state index contributed by atoms with van der Waals surface area (Å²) in [5, 5.41) is 9.29. The molecule has 3 rings (SSSR count). The molecule has 0 radical (unpaired) electrons. The normalized spacial score (nSPS) is 18.4. The van der Waals surface area contributed by atoms with Crippen LogP contribution in [0.3, 0.4) is 0 Å². The van der Waals surface area contributed by atoms with E-state index in [1.807, 2.05) is 12.1 Å². The molecule has 80 valence electrons. The highest BCUT2D eigenvalue weighted by molar-refractivity contribution is 5.43. The van der Waals surface area contributed by atoms with Crippen LogP contribution in [0.15, 0.2) is 48.5 Å². The summed E-state index contributed by atoms with van der Waals surface area (Å²) in [5.74, 6) is 0.854. The average molecular weight is 210 g/mol. The predicted octanol–water partition coefficient (Wildman–Crippen LogP) is 3.47. The van der Waals surface area contributed by atoms with Gasteiger partial charge in [-0.05, 0) is 41.7 Å². The first-order valence-corrected chi connectivity index (χ1v) is 5.71. The minimum atomic E-state index is 0.343. The van der Waals surface area contributed by atoms with Gasteiger partial charge in [-0.1, -0.05) is 36.4 Å². The van der Waals surface area contributed by atoms with Crippen molar-refractivity contribution in [3.05, 3.63) is 65.2 Å². The predicted molar refractivity (Wildman–Crippen MR) is 64.7 cm³/mol. The standard InChI is InChI=1S/C15H14O/c16-13-8-5-12(6-9-13)15-10-7-11-3-1-2-4-14(11)15/h1-6,8-9,15-16H,7,10H2/t15-/m1/s1. The fraction of sp³-hybridized carbons (Fsp3) is 0.200. The summed E-state index contributed by atoms with van der Waals surface area (Å²) in [7, 11) is 0. The van der Waals surface area contributed by atoms with Crippen molar-refractivity contribution in [2.24, 2.45) is 0 Å². The SMILES string of the molecule is Oc1ccc([C@H]2CCc3ccccc32)cc1. The van der Waals surface area contributed by atoms with Crippen molar-refractivity contribution in [2.45, 2.75) is 18.8 Å². The zero-order valence-corrected chi connectivity index (χ0v) is 9.06. The van der Waals surface area contributed by atoms with Crippen molar-refractivity contribution < 1.29 is 5.11 Å². The molecule has 0 bridgehead atoms. The van der Waals surface area contributed by atoms with E-state index in [1.54, 1.807) is 12.1 Å². The molecule has 0 unspecified atom stereocenters. The lowest BCUT2D eigenvalue weighted by Crippen LogP contribution is -1.95. The Morgan fingerprint density at radius 1 is 0.938 bits per heavy atom. The van der Waals surface area contributed by atoms with Gasteiger partial charge in [0.05, 0.1) is 0 Å². The maximum absolute atomic E-state index is 9.29. The van der Waals surface area contributed by atoms with E-state index in [9.17, 15) is 5.11 Å². The third-order valence-corrected chi connectivity index (χ3v) is 3.43. The van der Waals surface area contributed by atoms with E-state index < -0.39 is 0 Å². The number of phenols is 1. The van der Waals surface area contributed by atoms with E-state index in [-0.39, 0.29) is 0 Å². The van der Waals surface area contributed by atoms with E-state index in [0.29, 0.717) is 11.7 Å². The summed E-state index contributed by atoms with van der Waals surface area (Å²) in [6.07, 6.45) is 2.35. The van der Waals surface area contributed by atoms with Crippen molar-refractivity contribution >= 4 is 0 Å². The van der Waals surface area contributed by atoms with Gasteiger partial charge < -0.3 is 5.11 Å². The smallest absolute Gasteiger partial charge is 0.115 e. The van der Waals surface area contributed by atoms with Crippen LogP contribution in [-0.4, -0.2) is 5.11 Å². The van der Waals surface area contributed by atoms with Gasteiger partial charge in [-0.3, -0.25) is 0 Å². The largest absolute Gasteiger partial charge is 0.508 e. The van der Waals surface area contributed by atoms with Crippen LogP contribution in [0.5, 0.6) is 5.75 Å². The third kappa shape index (κ3) is 1.49. The lowest BCUT2D eigenvalue weighted by molar-refractivity contribution is 0.475. The second-order valence-electron chi connectivity index (χ2n) is 4.38. The molecule has 2 aromatic carbocycles. The molecule has 0 saturated carbocycles. The van der Waals surface area contributed by atoms with Gasteiger partial charge in [-0.25, -0.2) is 0 Å². The molecule has 1 atom stereocenters. The zero-order valence-electron chi connectivity index (χ0n) is 9.06. The molecule has 16 heavy (non-hydrogen) atoms. The summed E-state index contributed by atoms with van der Waals surface area (Å²) in [6, 6.07) is 16.3. The Morgan fingerprint density at radius 2 is 1.69 bits per heavy atom. The molecule has 0 saturated heterocycles. The maximum atomic E-state index is 9.29. The van der Waals surface area contributed by atoms with Gasteiger partial charge in [-0.2, -0.15) is 0 Å². The highest BCUT2D eigenvalue weighted by Gasteiger charge is 2.22. The van der Waals surface area contributed by atoms with Gasteiger partial charge in [-0.15, -0.1) is 0 Å². The van der Waals surface area contributed by atoms with E-state index >= 15 is 0 Å². The molecule has 1 aliphatic carbocycles. The highest BCUT2D eigenvalue weighted by Crippen LogP contribution is 2.38. The summed E-state index contributed by atoms with van der Waals surface area (Å²) >= 11 is 0. The Hall–Kier alpha value is -1.76. The van der Waals surface area contributed by atoms with E-state index in [2.05, 4.69) is 24.3 Å². The minimum Gasteiger partial charge on any atom is -0.508 e. The molecule has 1 N–H and O–H groups in total. The van der Waals surface area contributed by atoms with Crippen LogP contribution < -0.4 is 0 Å². The summed E-state index contributed by atoms with van der Waals surface area (Å²) < 4.78 is 0. The van der Waals surface area contributed by atoms with Gasteiger partial charge in [0, 0.05) is 5.92 Å². The van der Waals surface area contributed by atoms with Gasteiger partial charge in [0.15, 0.2) is 0 Å². The number of aryl methyl sites for hydroxylation is 1. The monoisotopic (exact) mass is 210 g/mol. The fourth-order valence-corrected chi connectivity index (χ4v) is 2.61. The molecule has 1 aliphatic rings. The Morgan fingerprint density at radius 3 is 2.50 bits per heavy atom. The van der Waals surface area contributed by atoms with E-state index in [1.165, 1.54) is 29.5 Å². The van der Waals surface area contributed by atoms with Crippen LogP contribution in [0.4, 0.5) is 0 Å². The number of fused-ring (bicyclic) bond motifs is 1. The summed E-state index contributed by atoms with van der Waals surface area (Å²) in [4.78, 5) is 0. The van der Waals surface area contributed by atoms with Crippen LogP contribution in [0.25, 0.3) is 0 Å². The molecule has 0 aromatic heterocycles. The van der Waals surface area contributed by atoms with Crippen LogP contribution >= 0.6 is 0 Å². The Labute approximate surface area is 95.4 Å². The molecule has 0 heterocycles. The number of benzene rings is 2. The molecular weight excluding hydrogens is 196 g/mol. The Bertz CT molecular complexity index is 499. The molecular formula is C15H14O. The topological polar surface area (TPSA) is 20.2 Å². The number of aromatic hydroxyl groups is 1. The van der Waals surface area contributed by atoms with Crippen molar-refractivity contribution in [3.63, 3.8) is 0 Å². The second kappa shape index (κ2) is 3.67. The van der Waals surface area contributed by atoms with Crippen LogP contribution in [0, 0.1) is 0 Å². The Balaban J connectivity index is 2.01. The second-order valence-corrected chi connectivity index (χ2v) is 4.38. The lowest BCUT2D eigenvalue weighted by atomic mass is 9.93. The van der Waals surface area contributed by atoms with E-state index in [0.717, 1.165) is 0 Å². The maximum Gasteiger partial charge on any atom is 0.115 e. The Kier molecular flexibility index (Phi) is 2.17. The van der Waals surface area contributed by atoms with Crippen molar-refractivity contribution in [3.8, 4) is 5.75 Å². The fourth-order valence-electron chi connectivity index (χ4n) is 2.61.